The monoisotopic (exact) mass is 411 g/mol. The highest BCUT2D eigenvalue weighted by Gasteiger charge is 2.19. The van der Waals surface area contributed by atoms with E-state index >= 15 is 0 Å². The van der Waals surface area contributed by atoms with E-state index in [2.05, 4.69) is 104 Å². The highest BCUT2D eigenvalue weighted by atomic mass is 16.5. The minimum Gasteiger partial charge on any atom is -0.475 e. The molecule has 0 radical (unpaired) electrons. The summed E-state index contributed by atoms with van der Waals surface area (Å²) >= 11 is 0. The summed E-state index contributed by atoms with van der Waals surface area (Å²) in [7, 11) is 0. The molecule has 1 heterocycles. The highest BCUT2D eigenvalue weighted by Crippen LogP contribution is 2.32. The van der Waals surface area contributed by atoms with Crippen LogP contribution in [0.15, 0.2) is 90.5 Å². The fraction of sp³-hybridized carbons (Fsp3) is 0.310. The van der Waals surface area contributed by atoms with E-state index in [1.807, 2.05) is 0 Å². The van der Waals surface area contributed by atoms with Crippen molar-refractivity contribution in [1.82, 2.24) is 4.90 Å². The normalized spacial score (nSPS) is 16.1. The van der Waals surface area contributed by atoms with Gasteiger partial charge in [0.25, 0.3) is 0 Å². The fourth-order valence-electron chi connectivity index (χ4n) is 4.49. The Morgan fingerprint density at radius 3 is 2.00 bits per heavy atom. The fourth-order valence-corrected chi connectivity index (χ4v) is 4.49. The standard InChI is InChI=1S/C29H33NO/c1-3-25(22-24-12-6-4-7-13-24)29(26-14-8-5-9-15-26)27-16-18-28(19-17-27)31-23(2)30-20-10-11-21-30/h4-9,12-19,23H,3,10-11,20-22H2,1-2H3/b29-25-. The van der Waals surface area contributed by atoms with Crippen molar-refractivity contribution in [1.29, 1.82) is 0 Å². The van der Waals surface area contributed by atoms with Gasteiger partial charge in [-0.1, -0.05) is 85.3 Å². The summed E-state index contributed by atoms with van der Waals surface area (Å²) < 4.78 is 6.23. The molecule has 4 rings (SSSR count). The number of allylic oxidation sites excluding steroid dienone is 1. The average molecular weight is 412 g/mol. The van der Waals surface area contributed by atoms with Crippen LogP contribution in [0.25, 0.3) is 5.57 Å². The van der Waals surface area contributed by atoms with Crippen molar-refractivity contribution in [3.8, 4) is 5.75 Å². The lowest BCUT2D eigenvalue weighted by molar-refractivity contribution is 0.0592. The van der Waals surface area contributed by atoms with E-state index in [1.165, 1.54) is 40.7 Å². The van der Waals surface area contributed by atoms with Crippen LogP contribution in [-0.4, -0.2) is 24.2 Å². The van der Waals surface area contributed by atoms with Gasteiger partial charge in [-0.15, -0.1) is 0 Å². The van der Waals surface area contributed by atoms with E-state index in [1.54, 1.807) is 0 Å². The van der Waals surface area contributed by atoms with Crippen molar-refractivity contribution in [2.45, 2.75) is 45.8 Å². The van der Waals surface area contributed by atoms with Gasteiger partial charge in [-0.05, 0) is 67.0 Å². The third-order valence-corrected chi connectivity index (χ3v) is 6.21. The van der Waals surface area contributed by atoms with Crippen molar-refractivity contribution in [2.75, 3.05) is 13.1 Å². The minimum absolute atomic E-state index is 0.127. The van der Waals surface area contributed by atoms with Crippen LogP contribution < -0.4 is 4.74 Å². The molecular weight excluding hydrogens is 378 g/mol. The van der Waals surface area contributed by atoms with E-state index in [4.69, 9.17) is 4.74 Å². The van der Waals surface area contributed by atoms with Crippen LogP contribution in [-0.2, 0) is 6.42 Å². The second-order valence-corrected chi connectivity index (χ2v) is 8.35. The van der Waals surface area contributed by atoms with Gasteiger partial charge >= 0.3 is 0 Å². The predicted molar refractivity (Wildman–Crippen MR) is 130 cm³/mol. The van der Waals surface area contributed by atoms with E-state index in [-0.39, 0.29) is 6.23 Å². The topological polar surface area (TPSA) is 12.5 Å². The molecule has 0 spiro atoms. The van der Waals surface area contributed by atoms with Gasteiger partial charge in [0.05, 0.1) is 0 Å². The molecule has 0 aromatic heterocycles. The summed E-state index contributed by atoms with van der Waals surface area (Å²) in [6.45, 7) is 6.69. The SMILES string of the molecule is CC/C(Cc1ccccc1)=C(\c1ccccc1)c1ccc(OC(C)N2CCCC2)cc1. The lowest BCUT2D eigenvalue weighted by Gasteiger charge is -2.24. The smallest absolute Gasteiger partial charge is 0.149 e. The number of benzene rings is 3. The maximum Gasteiger partial charge on any atom is 0.149 e. The second-order valence-electron chi connectivity index (χ2n) is 8.35. The maximum absolute atomic E-state index is 6.23. The van der Waals surface area contributed by atoms with Crippen LogP contribution in [0, 0.1) is 0 Å². The summed E-state index contributed by atoms with van der Waals surface area (Å²) in [6.07, 6.45) is 4.66. The maximum atomic E-state index is 6.23. The molecule has 0 aliphatic carbocycles. The molecule has 2 heteroatoms. The number of hydrogen-bond donors (Lipinski definition) is 0. The molecule has 3 aromatic rings. The van der Waals surface area contributed by atoms with Crippen LogP contribution >= 0.6 is 0 Å². The summed E-state index contributed by atoms with van der Waals surface area (Å²) in [4.78, 5) is 2.41. The largest absolute Gasteiger partial charge is 0.475 e. The molecule has 31 heavy (non-hydrogen) atoms. The average Bonchev–Trinajstić information content (AvgIpc) is 3.36. The van der Waals surface area contributed by atoms with Crippen molar-refractivity contribution in [2.24, 2.45) is 0 Å². The molecule has 1 fully saturated rings. The molecule has 0 saturated carbocycles. The molecule has 1 aliphatic rings. The third kappa shape index (κ3) is 5.45. The summed E-state index contributed by atoms with van der Waals surface area (Å²) in [5.74, 6) is 0.941. The third-order valence-electron chi connectivity index (χ3n) is 6.21. The van der Waals surface area contributed by atoms with E-state index in [0.29, 0.717) is 0 Å². The van der Waals surface area contributed by atoms with Gasteiger partial charge in [-0.3, -0.25) is 4.90 Å². The van der Waals surface area contributed by atoms with Gasteiger partial charge in [0.1, 0.15) is 12.0 Å². The summed E-state index contributed by atoms with van der Waals surface area (Å²) in [6, 6.07) is 30.2. The lowest BCUT2D eigenvalue weighted by Crippen LogP contribution is -2.34. The van der Waals surface area contributed by atoms with Crippen LogP contribution in [0.2, 0.25) is 0 Å². The zero-order chi connectivity index (χ0) is 21.5. The molecule has 0 N–H and O–H groups in total. The van der Waals surface area contributed by atoms with Gasteiger partial charge in [-0.2, -0.15) is 0 Å². The molecule has 0 amide bonds. The molecule has 1 unspecified atom stereocenters. The zero-order valence-electron chi connectivity index (χ0n) is 18.8. The number of nitrogens with zero attached hydrogens (tertiary/aromatic N) is 1. The van der Waals surface area contributed by atoms with E-state index < -0.39 is 0 Å². The number of likely N-dealkylation sites (tertiary alicyclic amines) is 1. The van der Waals surface area contributed by atoms with Crippen LogP contribution in [0.3, 0.4) is 0 Å². The van der Waals surface area contributed by atoms with Crippen LogP contribution in [0.5, 0.6) is 5.75 Å². The molecule has 1 aliphatic heterocycles. The number of hydrogen-bond acceptors (Lipinski definition) is 2. The van der Waals surface area contributed by atoms with Crippen molar-refractivity contribution >= 4 is 5.57 Å². The van der Waals surface area contributed by atoms with Gasteiger partial charge in [-0.25, -0.2) is 0 Å². The second kappa shape index (κ2) is 10.5. The molecule has 0 bridgehead atoms. The van der Waals surface area contributed by atoms with Gasteiger partial charge < -0.3 is 4.74 Å². The van der Waals surface area contributed by atoms with Gasteiger partial charge in [0, 0.05) is 13.1 Å². The molecule has 1 saturated heterocycles. The zero-order valence-corrected chi connectivity index (χ0v) is 18.8. The number of ether oxygens (including phenoxy) is 1. The molecule has 160 valence electrons. The first kappa shape index (κ1) is 21.4. The Balaban J connectivity index is 1.63. The summed E-state index contributed by atoms with van der Waals surface area (Å²) in [5.41, 5.74) is 6.67. The van der Waals surface area contributed by atoms with E-state index in [0.717, 1.165) is 31.7 Å². The molecular formula is C29H33NO. The van der Waals surface area contributed by atoms with Gasteiger partial charge in [0.2, 0.25) is 0 Å². The highest BCUT2D eigenvalue weighted by molar-refractivity contribution is 5.82. The minimum atomic E-state index is 0.127. The lowest BCUT2D eigenvalue weighted by atomic mass is 9.88. The molecule has 1 atom stereocenters. The Bertz CT molecular complexity index is 970. The summed E-state index contributed by atoms with van der Waals surface area (Å²) in [5, 5.41) is 0. The van der Waals surface area contributed by atoms with Gasteiger partial charge in [0.15, 0.2) is 0 Å². The Labute approximate surface area is 187 Å². The van der Waals surface area contributed by atoms with Crippen molar-refractivity contribution < 1.29 is 4.74 Å². The first-order valence-corrected chi connectivity index (χ1v) is 11.6. The Morgan fingerprint density at radius 2 is 1.39 bits per heavy atom. The first-order chi connectivity index (χ1) is 15.2. The molecule has 2 nitrogen and oxygen atoms in total. The Kier molecular flexibility index (Phi) is 7.22. The first-order valence-electron chi connectivity index (χ1n) is 11.6. The van der Waals surface area contributed by atoms with Crippen molar-refractivity contribution in [3.63, 3.8) is 0 Å². The van der Waals surface area contributed by atoms with Crippen LogP contribution in [0.1, 0.15) is 49.8 Å². The Hall–Kier alpha value is -2.84. The van der Waals surface area contributed by atoms with Crippen molar-refractivity contribution in [3.05, 3.63) is 107 Å². The number of rotatable bonds is 8. The van der Waals surface area contributed by atoms with E-state index in [9.17, 15) is 0 Å². The predicted octanol–water partition coefficient (Wildman–Crippen LogP) is 6.96. The van der Waals surface area contributed by atoms with Crippen LogP contribution in [0.4, 0.5) is 0 Å². The Morgan fingerprint density at radius 1 is 0.806 bits per heavy atom. The quantitative estimate of drug-likeness (QED) is 0.397. The molecule has 3 aromatic carbocycles.